The van der Waals surface area contributed by atoms with Crippen molar-refractivity contribution in [3.05, 3.63) is 36.8 Å². The van der Waals surface area contributed by atoms with Gasteiger partial charge in [0.05, 0.1) is 11.2 Å². The number of carbonyl (C=O) groups is 1. The fourth-order valence-electron chi connectivity index (χ4n) is 1.46. The summed E-state index contributed by atoms with van der Waals surface area (Å²) in [7, 11) is 1.75. The summed E-state index contributed by atoms with van der Waals surface area (Å²) in [4.78, 5) is 16.4. The first-order valence-electron chi connectivity index (χ1n) is 6.00. The number of nitrogens with one attached hydrogen (secondary N) is 2. The summed E-state index contributed by atoms with van der Waals surface area (Å²) in [6.45, 7) is 3.62. The van der Waals surface area contributed by atoms with Gasteiger partial charge in [0.15, 0.2) is 5.82 Å². The molecule has 6 nitrogen and oxygen atoms in total. The van der Waals surface area contributed by atoms with Gasteiger partial charge in [-0.2, -0.15) is 5.10 Å². The lowest BCUT2D eigenvalue weighted by Gasteiger charge is -2.23. The molecule has 0 radical (unpaired) electrons. The molecule has 0 spiro atoms. The third-order valence-electron chi connectivity index (χ3n) is 2.95. The van der Waals surface area contributed by atoms with Crippen LogP contribution >= 0.6 is 0 Å². The number of hydrogen-bond acceptors (Lipinski definition) is 4. The Bertz CT molecular complexity index is 562. The maximum Gasteiger partial charge on any atom is 0.244 e. The summed E-state index contributed by atoms with van der Waals surface area (Å²) in [5.74, 6) is 0.462. The summed E-state index contributed by atoms with van der Waals surface area (Å²) >= 11 is 0. The van der Waals surface area contributed by atoms with Crippen molar-refractivity contribution in [2.45, 2.75) is 19.4 Å². The van der Waals surface area contributed by atoms with Gasteiger partial charge >= 0.3 is 0 Å². The SMILES string of the molecule is CNC(C)(C)C(=O)Nc1cccnc1-n1cccn1. The highest BCUT2D eigenvalue weighted by molar-refractivity contribution is 5.98. The number of rotatable bonds is 4. The first-order valence-corrected chi connectivity index (χ1v) is 6.00. The zero-order valence-electron chi connectivity index (χ0n) is 11.2. The van der Waals surface area contributed by atoms with Gasteiger partial charge in [0.2, 0.25) is 5.91 Å². The van der Waals surface area contributed by atoms with Gasteiger partial charge < -0.3 is 10.6 Å². The van der Waals surface area contributed by atoms with Gasteiger partial charge in [-0.05, 0) is 39.1 Å². The number of anilines is 1. The van der Waals surface area contributed by atoms with Crippen LogP contribution in [0.25, 0.3) is 5.82 Å². The van der Waals surface area contributed by atoms with Gasteiger partial charge in [0.1, 0.15) is 0 Å². The first-order chi connectivity index (χ1) is 9.04. The minimum absolute atomic E-state index is 0.128. The second kappa shape index (κ2) is 5.19. The van der Waals surface area contributed by atoms with E-state index in [0.29, 0.717) is 11.5 Å². The van der Waals surface area contributed by atoms with Crippen LogP contribution in [0.3, 0.4) is 0 Å². The first kappa shape index (κ1) is 13.2. The molecule has 2 aromatic rings. The molecule has 0 aromatic carbocycles. The Morgan fingerprint density at radius 3 is 2.74 bits per heavy atom. The van der Waals surface area contributed by atoms with Crippen LogP contribution in [0.15, 0.2) is 36.8 Å². The lowest BCUT2D eigenvalue weighted by atomic mass is 10.1. The van der Waals surface area contributed by atoms with Crippen LogP contribution in [0.1, 0.15) is 13.8 Å². The second-order valence-electron chi connectivity index (χ2n) is 4.65. The number of carbonyl (C=O) groups excluding carboxylic acids is 1. The Morgan fingerprint density at radius 1 is 1.32 bits per heavy atom. The Kier molecular flexibility index (Phi) is 3.62. The van der Waals surface area contributed by atoms with Crippen LogP contribution in [0.2, 0.25) is 0 Å². The molecule has 1 amide bonds. The average molecular weight is 259 g/mol. The molecule has 0 saturated heterocycles. The molecule has 0 aliphatic carbocycles. The quantitative estimate of drug-likeness (QED) is 0.865. The van der Waals surface area contributed by atoms with Crippen molar-refractivity contribution in [1.29, 1.82) is 0 Å². The molecule has 100 valence electrons. The number of amides is 1. The fraction of sp³-hybridized carbons (Fsp3) is 0.308. The largest absolute Gasteiger partial charge is 0.321 e. The number of nitrogens with zero attached hydrogens (tertiary/aromatic N) is 3. The maximum absolute atomic E-state index is 12.2. The van der Waals surface area contributed by atoms with E-state index in [1.54, 1.807) is 48.5 Å². The van der Waals surface area contributed by atoms with Crippen molar-refractivity contribution < 1.29 is 4.79 Å². The fourth-order valence-corrected chi connectivity index (χ4v) is 1.46. The Labute approximate surface area is 111 Å². The van der Waals surface area contributed by atoms with Gasteiger partial charge in [0, 0.05) is 18.6 Å². The van der Waals surface area contributed by atoms with E-state index in [1.165, 1.54) is 0 Å². The monoisotopic (exact) mass is 259 g/mol. The van der Waals surface area contributed by atoms with E-state index in [9.17, 15) is 4.79 Å². The average Bonchev–Trinajstić information content (AvgIpc) is 2.93. The molecule has 0 atom stereocenters. The molecular formula is C13H17N5O. The second-order valence-corrected chi connectivity index (χ2v) is 4.65. The third kappa shape index (κ3) is 2.79. The minimum Gasteiger partial charge on any atom is -0.321 e. The van der Waals surface area contributed by atoms with Gasteiger partial charge in [0.25, 0.3) is 0 Å². The van der Waals surface area contributed by atoms with Crippen molar-refractivity contribution >= 4 is 11.6 Å². The van der Waals surface area contributed by atoms with Gasteiger partial charge in [-0.15, -0.1) is 0 Å². The summed E-state index contributed by atoms with van der Waals surface area (Å²) in [5.41, 5.74) is -0.0310. The molecule has 0 fully saturated rings. The highest BCUT2D eigenvalue weighted by Crippen LogP contribution is 2.17. The highest BCUT2D eigenvalue weighted by Gasteiger charge is 2.26. The Hall–Kier alpha value is -2.21. The number of hydrogen-bond donors (Lipinski definition) is 2. The normalized spacial score (nSPS) is 11.3. The molecular weight excluding hydrogens is 242 g/mol. The lowest BCUT2D eigenvalue weighted by molar-refractivity contribution is -0.121. The molecule has 2 N–H and O–H groups in total. The topological polar surface area (TPSA) is 71.8 Å². The zero-order valence-corrected chi connectivity index (χ0v) is 11.2. The number of pyridine rings is 1. The molecule has 0 unspecified atom stereocenters. The third-order valence-corrected chi connectivity index (χ3v) is 2.95. The van der Waals surface area contributed by atoms with Crippen LogP contribution in [0.5, 0.6) is 0 Å². The van der Waals surface area contributed by atoms with Crippen molar-refractivity contribution in [1.82, 2.24) is 20.1 Å². The Morgan fingerprint density at radius 2 is 2.11 bits per heavy atom. The van der Waals surface area contributed by atoms with Gasteiger partial charge in [-0.25, -0.2) is 9.67 Å². The van der Waals surface area contributed by atoms with Crippen molar-refractivity contribution in [2.24, 2.45) is 0 Å². The molecule has 19 heavy (non-hydrogen) atoms. The molecule has 6 heteroatoms. The highest BCUT2D eigenvalue weighted by atomic mass is 16.2. The molecule has 0 bridgehead atoms. The molecule has 0 aliphatic heterocycles. The molecule has 0 saturated carbocycles. The van der Waals surface area contributed by atoms with Crippen molar-refractivity contribution in [2.75, 3.05) is 12.4 Å². The summed E-state index contributed by atoms with van der Waals surface area (Å²) < 4.78 is 1.61. The Balaban J connectivity index is 2.29. The number of aromatic nitrogens is 3. The predicted octanol–water partition coefficient (Wildman–Crippen LogP) is 1.20. The number of likely N-dealkylation sites (N-methyl/N-ethyl adjacent to an activating group) is 1. The summed E-state index contributed by atoms with van der Waals surface area (Å²) in [6.07, 6.45) is 5.11. The summed E-state index contributed by atoms with van der Waals surface area (Å²) in [5, 5.41) is 9.95. The minimum atomic E-state index is -0.656. The van der Waals surface area contributed by atoms with Crippen LogP contribution in [0.4, 0.5) is 5.69 Å². The van der Waals surface area contributed by atoms with E-state index in [2.05, 4.69) is 20.7 Å². The predicted molar refractivity (Wildman–Crippen MR) is 73.1 cm³/mol. The van der Waals surface area contributed by atoms with E-state index in [-0.39, 0.29) is 5.91 Å². The molecule has 2 aromatic heterocycles. The van der Waals surface area contributed by atoms with Crippen molar-refractivity contribution in [3.63, 3.8) is 0 Å². The maximum atomic E-state index is 12.2. The van der Waals surface area contributed by atoms with Crippen LogP contribution in [-0.4, -0.2) is 33.3 Å². The molecule has 2 heterocycles. The zero-order chi connectivity index (χ0) is 13.9. The summed E-state index contributed by atoms with van der Waals surface area (Å²) in [6, 6.07) is 5.38. The van der Waals surface area contributed by atoms with Crippen LogP contribution in [0, 0.1) is 0 Å². The van der Waals surface area contributed by atoms with Crippen LogP contribution < -0.4 is 10.6 Å². The van der Waals surface area contributed by atoms with Crippen LogP contribution in [-0.2, 0) is 4.79 Å². The van der Waals surface area contributed by atoms with E-state index in [0.717, 1.165) is 0 Å². The van der Waals surface area contributed by atoms with E-state index in [1.807, 2.05) is 13.8 Å². The van der Waals surface area contributed by atoms with E-state index >= 15 is 0 Å². The standard InChI is InChI=1S/C13H17N5O/c1-13(2,14-3)12(19)17-10-6-4-7-15-11(10)18-9-5-8-16-18/h4-9,14H,1-3H3,(H,17,19). The van der Waals surface area contributed by atoms with Gasteiger partial charge in [-0.3, -0.25) is 4.79 Å². The van der Waals surface area contributed by atoms with Gasteiger partial charge in [-0.1, -0.05) is 0 Å². The van der Waals surface area contributed by atoms with E-state index in [4.69, 9.17) is 0 Å². The van der Waals surface area contributed by atoms with Crippen molar-refractivity contribution in [3.8, 4) is 5.82 Å². The lowest BCUT2D eigenvalue weighted by Crippen LogP contribution is -2.48. The van der Waals surface area contributed by atoms with E-state index < -0.39 is 5.54 Å². The molecule has 0 aliphatic rings. The molecule has 2 rings (SSSR count). The smallest absolute Gasteiger partial charge is 0.244 e.